The SMILES string of the molecule is COCCNCCNC(=O)C1(C)CCCS1. The van der Waals surface area contributed by atoms with Crippen LogP contribution in [0.15, 0.2) is 0 Å². The molecular formula is C11H22N2O2S. The molecule has 0 spiro atoms. The molecule has 4 nitrogen and oxygen atoms in total. The fraction of sp³-hybridized carbons (Fsp3) is 0.909. The van der Waals surface area contributed by atoms with Crippen LogP contribution in [0.25, 0.3) is 0 Å². The first-order chi connectivity index (χ1) is 7.69. The smallest absolute Gasteiger partial charge is 0.235 e. The van der Waals surface area contributed by atoms with Crippen LogP contribution in [0.1, 0.15) is 19.8 Å². The van der Waals surface area contributed by atoms with Gasteiger partial charge in [0.2, 0.25) is 5.91 Å². The average molecular weight is 246 g/mol. The molecule has 0 aromatic heterocycles. The number of hydrogen-bond acceptors (Lipinski definition) is 4. The molecule has 94 valence electrons. The molecule has 1 rings (SSSR count). The van der Waals surface area contributed by atoms with Crippen molar-refractivity contribution < 1.29 is 9.53 Å². The van der Waals surface area contributed by atoms with Crippen molar-refractivity contribution in [2.24, 2.45) is 0 Å². The maximum absolute atomic E-state index is 11.9. The second-order valence-electron chi connectivity index (χ2n) is 4.18. The van der Waals surface area contributed by atoms with E-state index in [2.05, 4.69) is 10.6 Å². The first kappa shape index (κ1) is 13.8. The normalized spacial score (nSPS) is 24.6. The summed E-state index contributed by atoms with van der Waals surface area (Å²) in [6.07, 6.45) is 2.15. The molecule has 0 bridgehead atoms. The fourth-order valence-electron chi connectivity index (χ4n) is 1.71. The van der Waals surface area contributed by atoms with Crippen molar-refractivity contribution in [1.82, 2.24) is 10.6 Å². The molecule has 2 N–H and O–H groups in total. The van der Waals surface area contributed by atoms with E-state index in [4.69, 9.17) is 4.74 Å². The lowest BCUT2D eigenvalue weighted by Gasteiger charge is -2.21. The zero-order chi connectivity index (χ0) is 11.9. The van der Waals surface area contributed by atoms with Gasteiger partial charge in [-0.25, -0.2) is 0 Å². The van der Waals surface area contributed by atoms with Gasteiger partial charge in [-0.2, -0.15) is 0 Å². The van der Waals surface area contributed by atoms with E-state index in [1.165, 1.54) is 0 Å². The quantitative estimate of drug-likeness (QED) is 0.647. The molecule has 0 saturated carbocycles. The molecule has 1 unspecified atom stereocenters. The van der Waals surface area contributed by atoms with Crippen molar-refractivity contribution in [1.29, 1.82) is 0 Å². The van der Waals surface area contributed by atoms with E-state index < -0.39 is 0 Å². The van der Waals surface area contributed by atoms with Crippen molar-refractivity contribution in [2.45, 2.75) is 24.5 Å². The van der Waals surface area contributed by atoms with Gasteiger partial charge in [-0.05, 0) is 25.5 Å². The van der Waals surface area contributed by atoms with Crippen LogP contribution in [0.2, 0.25) is 0 Å². The Bertz CT molecular complexity index is 218. The standard InChI is InChI=1S/C11H22N2O2S/c1-11(4-3-9-16-11)10(14)13-6-5-12-7-8-15-2/h12H,3-9H2,1-2H3,(H,13,14). The highest BCUT2D eigenvalue weighted by Crippen LogP contribution is 2.37. The van der Waals surface area contributed by atoms with Gasteiger partial charge in [-0.3, -0.25) is 4.79 Å². The van der Waals surface area contributed by atoms with E-state index in [0.29, 0.717) is 13.2 Å². The third-order valence-corrected chi connectivity index (χ3v) is 4.29. The van der Waals surface area contributed by atoms with Crippen molar-refractivity contribution in [3.63, 3.8) is 0 Å². The van der Waals surface area contributed by atoms with Gasteiger partial charge in [0.1, 0.15) is 0 Å². The summed E-state index contributed by atoms with van der Waals surface area (Å²) < 4.78 is 4.73. The van der Waals surface area contributed by atoms with Gasteiger partial charge in [-0.1, -0.05) is 0 Å². The lowest BCUT2D eigenvalue weighted by molar-refractivity contribution is -0.123. The maximum Gasteiger partial charge on any atom is 0.235 e. The molecule has 0 radical (unpaired) electrons. The predicted octanol–water partition coefficient (Wildman–Crippen LogP) is 0.624. The van der Waals surface area contributed by atoms with E-state index in [9.17, 15) is 4.79 Å². The molecular weight excluding hydrogens is 224 g/mol. The van der Waals surface area contributed by atoms with Gasteiger partial charge >= 0.3 is 0 Å². The summed E-state index contributed by atoms with van der Waals surface area (Å²) in [4.78, 5) is 11.9. The maximum atomic E-state index is 11.9. The van der Waals surface area contributed by atoms with Crippen molar-refractivity contribution >= 4 is 17.7 Å². The Balaban J connectivity index is 2.06. The third kappa shape index (κ3) is 4.31. The fourth-order valence-corrected chi connectivity index (χ4v) is 2.94. The first-order valence-corrected chi connectivity index (χ1v) is 6.79. The minimum absolute atomic E-state index is 0.184. The molecule has 16 heavy (non-hydrogen) atoms. The van der Waals surface area contributed by atoms with Crippen molar-refractivity contribution in [3.8, 4) is 0 Å². The Labute approximate surface area is 102 Å². The second-order valence-corrected chi connectivity index (χ2v) is 5.78. The first-order valence-electron chi connectivity index (χ1n) is 5.81. The van der Waals surface area contributed by atoms with Gasteiger partial charge in [0, 0.05) is 26.7 Å². The van der Waals surface area contributed by atoms with Gasteiger partial charge < -0.3 is 15.4 Å². The summed E-state index contributed by atoms with van der Waals surface area (Å²) in [6, 6.07) is 0. The van der Waals surface area contributed by atoms with E-state index in [0.717, 1.165) is 31.7 Å². The molecule has 1 atom stereocenters. The summed E-state index contributed by atoms with van der Waals surface area (Å²) >= 11 is 1.77. The van der Waals surface area contributed by atoms with Crippen LogP contribution in [0, 0.1) is 0 Å². The second kappa shape index (κ2) is 7.14. The number of thioether (sulfide) groups is 1. The van der Waals surface area contributed by atoms with Crippen LogP contribution in [-0.4, -0.2) is 49.8 Å². The van der Waals surface area contributed by atoms with E-state index in [1.54, 1.807) is 18.9 Å². The molecule has 0 aromatic carbocycles. The number of amides is 1. The minimum Gasteiger partial charge on any atom is -0.383 e. The lowest BCUT2D eigenvalue weighted by atomic mass is 10.1. The molecule has 1 aliphatic heterocycles. The topological polar surface area (TPSA) is 50.4 Å². The predicted molar refractivity (Wildman–Crippen MR) is 67.9 cm³/mol. The van der Waals surface area contributed by atoms with E-state index in [1.807, 2.05) is 6.92 Å². The lowest BCUT2D eigenvalue weighted by Crippen LogP contribution is -2.43. The number of methoxy groups -OCH3 is 1. The van der Waals surface area contributed by atoms with Crippen LogP contribution in [0.3, 0.4) is 0 Å². The molecule has 5 heteroatoms. The number of nitrogens with one attached hydrogen (secondary N) is 2. The van der Waals surface area contributed by atoms with Gasteiger partial charge in [-0.15, -0.1) is 11.8 Å². The van der Waals surface area contributed by atoms with Crippen molar-refractivity contribution in [3.05, 3.63) is 0 Å². The zero-order valence-corrected chi connectivity index (χ0v) is 11.0. The number of rotatable bonds is 7. The zero-order valence-electron chi connectivity index (χ0n) is 10.2. The Hall–Kier alpha value is -0.260. The minimum atomic E-state index is -0.188. The van der Waals surface area contributed by atoms with Crippen LogP contribution < -0.4 is 10.6 Å². The number of ether oxygens (including phenoxy) is 1. The Morgan fingerprint density at radius 2 is 2.25 bits per heavy atom. The van der Waals surface area contributed by atoms with Crippen molar-refractivity contribution in [2.75, 3.05) is 39.1 Å². The summed E-state index contributed by atoms with van der Waals surface area (Å²) in [6.45, 7) is 5.08. The monoisotopic (exact) mass is 246 g/mol. The summed E-state index contributed by atoms with van der Waals surface area (Å²) in [5.41, 5.74) is 0. The van der Waals surface area contributed by atoms with Crippen LogP contribution in [-0.2, 0) is 9.53 Å². The molecule has 1 heterocycles. The number of carbonyl (C=O) groups excluding carboxylic acids is 1. The molecule has 0 aromatic rings. The summed E-state index contributed by atoms with van der Waals surface area (Å²) in [5, 5.41) is 6.18. The molecule has 1 amide bonds. The molecule has 1 aliphatic rings. The highest BCUT2D eigenvalue weighted by atomic mass is 32.2. The summed E-state index contributed by atoms with van der Waals surface area (Å²) in [5.74, 6) is 1.29. The van der Waals surface area contributed by atoms with Crippen LogP contribution >= 0.6 is 11.8 Å². The molecule has 1 fully saturated rings. The number of hydrogen-bond donors (Lipinski definition) is 2. The number of carbonyl (C=O) groups is 1. The van der Waals surface area contributed by atoms with E-state index >= 15 is 0 Å². The van der Waals surface area contributed by atoms with E-state index in [-0.39, 0.29) is 10.7 Å². The van der Waals surface area contributed by atoms with Gasteiger partial charge in [0.05, 0.1) is 11.4 Å². The molecule has 1 saturated heterocycles. The molecule has 0 aliphatic carbocycles. The average Bonchev–Trinajstić information content (AvgIpc) is 2.71. The van der Waals surface area contributed by atoms with Crippen LogP contribution in [0.5, 0.6) is 0 Å². The Kier molecular flexibility index (Phi) is 6.16. The van der Waals surface area contributed by atoms with Gasteiger partial charge in [0.25, 0.3) is 0 Å². The third-order valence-electron chi connectivity index (χ3n) is 2.77. The largest absolute Gasteiger partial charge is 0.383 e. The van der Waals surface area contributed by atoms with Crippen LogP contribution in [0.4, 0.5) is 0 Å². The Morgan fingerprint density at radius 1 is 1.44 bits per heavy atom. The van der Waals surface area contributed by atoms with Gasteiger partial charge in [0.15, 0.2) is 0 Å². The summed E-state index contributed by atoms with van der Waals surface area (Å²) in [7, 11) is 1.68. The highest BCUT2D eigenvalue weighted by Gasteiger charge is 2.36. The Morgan fingerprint density at radius 3 is 2.88 bits per heavy atom. The highest BCUT2D eigenvalue weighted by molar-refractivity contribution is 8.01.